The van der Waals surface area contributed by atoms with Crippen LogP contribution in [0.25, 0.3) is 0 Å². The molecule has 0 aliphatic carbocycles. The minimum Gasteiger partial charge on any atom is -0.493 e. The molecule has 0 spiro atoms. The van der Waals surface area contributed by atoms with Crippen LogP contribution in [0, 0.1) is 26.6 Å². The van der Waals surface area contributed by atoms with Crippen molar-refractivity contribution >= 4 is 0 Å². The van der Waals surface area contributed by atoms with Crippen LogP contribution < -0.4 is 14.2 Å². The van der Waals surface area contributed by atoms with Gasteiger partial charge in [0.2, 0.25) is 5.75 Å². The van der Waals surface area contributed by atoms with Crippen molar-refractivity contribution in [3.8, 4) is 17.2 Å². The van der Waals surface area contributed by atoms with E-state index in [-0.39, 0.29) is 5.82 Å². The Morgan fingerprint density at radius 1 is 0.727 bits per heavy atom. The molecule has 22 heavy (non-hydrogen) atoms. The minimum atomic E-state index is -0.116. The highest BCUT2D eigenvalue weighted by Gasteiger charge is 2.10. The summed E-state index contributed by atoms with van der Waals surface area (Å²) in [5.74, 6) is 1.91. The van der Waals surface area contributed by atoms with E-state index >= 15 is 0 Å². The summed E-state index contributed by atoms with van der Waals surface area (Å²) in [6, 6.07) is 9.03. The summed E-state index contributed by atoms with van der Waals surface area (Å²) < 4.78 is 28.1. The summed E-state index contributed by atoms with van der Waals surface area (Å²) in [5.41, 5.74) is 2.76. The van der Waals surface area contributed by atoms with Crippen molar-refractivity contribution in [1.29, 1.82) is 0 Å². The Bertz CT molecular complexity index is 599. The standard InChI is InChI=1S/C10H14O3.C8H9F/c1-7-5-8(11-2)10(13-4)9(6-7)12-3;1-6-3-4-7(2)8(9)5-6/h5-6H,1-4H3;3-5H,1-2H3. The molecule has 0 aromatic heterocycles. The zero-order chi connectivity index (χ0) is 16.7. The Hall–Kier alpha value is -2.23. The number of hydrogen-bond donors (Lipinski definition) is 0. The van der Waals surface area contributed by atoms with Crippen LogP contribution in [0.1, 0.15) is 16.7 Å². The predicted octanol–water partition coefficient (Wildman–Crippen LogP) is 4.46. The summed E-state index contributed by atoms with van der Waals surface area (Å²) in [5, 5.41) is 0. The van der Waals surface area contributed by atoms with E-state index in [0.717, 1.165) is 11.1 Å². The molecule has 120 valence electrons. The van der Waals surface area contributed by atoms with Crippen LogP contribution in [0.3, 0.4) is 0 Å². The Morgan fingerprint density at radius 2 is 1.27 bits per heavy atom. The van der Waals surface area contributed by atoms with Crippen LogP contribution in [-0.4, -0.2) is 21.3 Å². The summed E-state index contributed by atoms with van der Waals surface area (Å²) in [6.07, 6.45) is 0. The fraction of sp³-hybridized carbons (Fsp3) is 0.333. The van der Waals surface area contributed by atoms with E-state index in [1.54, 1.807) is 34.3 Å². The second kappa shape index (κ2) is 8.27. The fourth-order valence-electron chi connectivity index (χ4n) is 1.91. The van der Waals surface area contributed by atoms with Gasteiger partial charge < -0.3 is 14.2 Å². The molecule has 2 rings (SSSR count). The van der Waals surface area contributed by atoms with Crippen molar-refractivity contribution in [1.82, 2.24) is 0 Å². The topological polar surface area (TPSA) is 27.7 Å². The molecule has 0 amide bonds. The fourth-order valence-corrected chi connectivity index (χ4v) is 1.91. The molecule has 0 bridgehead atoms. The largest absolute Gasteiger partial charge is 0.493 e. The Balaban J connectivity index is 0.000000235. The summed E-state index contributed by atoms with van der Waals surface area (Å²) >= 11 is 0. The molecule has 0 heterocycles. The molecule has 0 aliphatic rings. The normalized spacial score (nSPS) is 9.59. The van der Waals surface area contributed by atoms with Crippen LogP contribution in [0.15, 0.2) is 30.3 Å². The van der Waals surface area contributed by atoms with Crippen LogP contribution in [-0.2, 0) is 0 Å². The van der Waals surface area contributed by atoms with Gasteiger partial charge in [-0.25, -0.2) is 4.39 Å². The van der Waals surface area contributed by atoms with Crippen LogP contribution in [0.5, 0.6) is 17.2 Å². The molecule has 2 aromatic rings. The molecular formula is C18H23FO3. The van der Waals surface area contributed by atoms with Crippen molar-refractivity contribution < 1.29 is 18.6 Å². The van der Waals surface area contributed by atoms with Gasteiger partial charge in [0.25, 0.3) is 0 Å². The molecule has 0 radical (unpaired) electrons. The molecule has 2 aromatic carbocycles. The van der Waals surface area contributed by atoms with Crippen molar-refractivity contribution in [3.63, 3.8) is 0 Å². The first-order valence-corrected chi connectivity index (χ1v) is 6.92. The van der Waals surface area contributed by atoms with Gasteiger partial charge in [-0.15, -0.1) is 0 Å². The molecular weight excluding hydrogens is 283 g/mol. The minimum absolute atomic E-state index is 0.116. The average Bonchev–Trinajstić information content (AvgIpc) is 2.50. The number of hydrogen-bond acceptors (Lipinski definition) is 3. The second-order valence-corrected chi connectivity index (χ2v) is 4.96. The Kier molecular flexibility index (Phi) is 6.70. The lowest BCUT2D eigenvalue weighted by molar-refractivity contribution is 0.324. The molecule has 0 aliphatic heterocycles. The van der Waals surface area contributed by atoms with Gasteiger partial charge in [0, 0.05) is 0 Å². The highest BCUT2D eigenvalue weighted by Crippen LogP contribution is 2.37. The average molecular weight is 306 g/mol. The molecule has 0 saturated heterocycles. The lowest BCUT2D eigenvalue weighted by Gasteiger charge is -2.12. The molecule has 0 N–H and O–H groups in total. The van der Waals surface area contributed by atoms with E-state index in [4.69, 9.17) is 14.2 Å². The second-order valence-electron chi connectivity index (χ2n) is 4.96. The molecule has 4 heteroatoms. The van der Waals surface area contributed by atoms with Gasteiger partial charge in [-0.05, 0) is 55.7 Å². The highest BCUT2D eigenvalue weighted by atomic mass is 19.1. The first-order valence-electron chi connectivity index (χ1n) is 6.92. The number of rotatable bonds is 3. The molecule has 0 fully saturated rings. The lowest BCUT2D eigenvalue weighted by Crippen LogP contribution is -1.95. The van der Waals surface area contributed by atoms with Crippen LogP contribution in [0.4, 0.5) is 4.39 Å². The summed E-state index contributed by atoms with van der Waals surface area (Å²) in [4.78, 5) is 0. The monoisotopic (exact) mass is 306 g/mol. The first kappa shape index (κ1) is 17.8. The van der Waals surface area contributed by atoms with Gasteiger partial charge >= 0.3 is 0 Å². The SMILES string of the molecule is COc1cc(C)cc(OC)c1OC.Cc1ccc(C)c(F)c1. The van der Waals surface area contributed by atoms with E-state index in [9.17, 15) is 4.39 Å². The number of ether oxygens (including phenoxy) is 3. The Morgan fingerprint density at radius 3 is 1.64 bits per heavy atom. The quantitative estimate of drug-likeness (QED) is 0.837. The third-order valence-corrected chi connectivity index (χ3v) is 3.14. The number of aryl methyl sites for hydroxylation is 3. The molecule has 0 atom stereocenters. The number of methoxy groups -OCH3 is 3. The number of benzene rings is 2. The van der Waals surface area contributed by atoms with Gasteiger partial charge in [0.1, 0.15) is 5.82 Å². The summed E-state index contributed by atoms with van der Waals surface area (Å²) in [6.45, 7) is 5.61. The van der Waals surface area contributed by atoms with E-state index in [2.05, 4.69) is 0 Å². The van der Waals surface area contributed by atoms with Gasteiger partial charge in [-0.2, -0.15) is 0 Å². The maximum Gasteiger partial charge on any atom is 0.203 e. The maximum absolute atomic E-state index is 12.6. The molecule has 0 saturated carbocycles. The van der Waals surface area contributed by atoms with Crippen molar-refractivity contribution in [2.24, 2.45) is 0 Å². The van der Waals surface area contributed by atoms with Gasteiger partial charge in [-0.1, -0.05) is 12.1 Å². The highest BCUT2D eigenvalue weighted by molar-refractivity contribution is 5.53. The van der Waals surface area contributed by atoms with E-state index in [1.165, 1.54) is 6.07 Å². The van der Waals surface area contributed by atoms with Crippen LogP contribution >= 0.6 is 0 Å². The predicted molar refractivity (Wildman–Crippen MR) is 86.7 cm³/mol. The maximum atomic E-state index is 12.6. The zero-order valence-corrected chi connectivity index (χ0v) is 14.0. The third-order valence-electron chi connectivity index (χ3n) is 3.14. The zero-order valence-electron chi connectivity index (χ0n) is 14.0. The van der Waals surface area contributed by atoms with E-state index in [0.29, 0.717) is 22.8 Å². The van der Waals surface area contributed by atoms with Gasteiger partial charge in [-0.3, -0.25) is 0 Å². The van der Waals surface area contributed by atoms with Crippen molar-refractivity contribution in [2.75, 3.05) is 21.3 Å². The van der Waals surface area contributed by atoms with Crippen LogP contribution in [0.2, 0.25) is 0 Å². The summed E-state index contributed by atoms with van der Waals surface area (Å²) in [7, 11) is 4.81. The van der Waals surface area contributed by atoms with E-state index in [1.807, 2.05) is 32.0 Å². The lowest BCUT2D eigenvalue weighted by atomic mass is 10.2. The van der Waals surface area contributed by atoms with Crippen molar-refractivity contribution in [3.05, 3.63) is 52.8 Å². The molecule has 0 unspecified atom stereocenters. The van der Waals surface area contributed by atoms with Gasteiger partial charge in [0.15, 0.2) is 11.5 Å². The van der Waals surface area contributed by atoms with Gasteiger partial charge in [0.05, 0.1) is 21.3 Å². The first-order chi connectivity index (χ1) is 10.4. The van der Waals surface area contributed by atoms with Crippen molar-refractivity contribution in [2.45, 2.75) is 20.8 Å². The third kappa shape index (κ3) is 4.65. The molecule has 3 nitrogen and oxygen atoms in total. The number of halogens is 1. The van der Waals surface area contributed by atoms with E-state index < -0.39 is 0 Å². The Labute approximate surface area is 131 Å². The smallest absolute Gasteiger partial charge is 0.203 e.